The molecule has 282 valence electrons. The summed E-state index contributed by atoms with van der Waals surface area (Å²) in [7, 11) is 0. The molecule has 12 nitrogen and oxygen atoms in total. The molecule has 0 aliphatic carbocycles. The van der Waals surface area contributed by atoms with Crippen LogP contribution in [0.5, 0.6) is 5.75 Å². The number of benzene rings is 2. The van der Waals surface area contributed by atoms with Crippen molar-refractivity contribution in [2.24, 2.45) is 5.92 Å². The van der Waals surface area contributed by atoms with Crippen molar-refractivity contribution < 1.29 is 33.4 Å². The van der Waals surface area contributed by atoms with E-state index in [9.17, 15) is 24.0 Å². The van der Waals surface area contributed by atoms with Crippen LogP contribution in [0.2, 0.25) is 0 Å². The molecule has 3 aliphatic rings. The quantitative estimate of drug-likeness (QED) is 0.416. The Kier molecular flexibility index (Phi) is 13.2. The number of nitrogens with zero attached hydrogens (tertiary/aromatic N) is 2. The second-order valence-corrected chi connectivity index (χ2v) is 15.3. The van der Waals surface area contributed by atoms with Crippen molar-refractivity contribution in [3.63, 3.8) is 0 Å². The van der Waals surface area contributed by atoms with E-state index in [4.69, 9.17) is 9.47 Å². The molecule has 4 bridgehead atoms. The smallest absolute Gasteiger partial charge is 0.410 e. The Labute approximate surface area is 307 Å². The highest BCUT2D eigenvalue weighted by molar-refractivity contribution is 5.96. The van der Waals surface area contributed by atoms with Crippen LogP contribution in [0, 0.1) is 12.8 Å². The summed E-state index contributed by atoms with van der Waals surface area (Å²) >= 11 is 0. The molecule has 2 aromatic rings. The van der Waals surface area contributed by atoms with Crippen molar-refractivity contribution in [3.05, 3.63) is 65.2 Å². The first-order valence-electron chi connectivity index (χ1n) is 18.8. The maximum absolute atomic E-state index is 14.2. The average Bonchev–Trinajstić information content (AvgIpc) is 3.12. The Hall–Kier alpha value is -4.61. The summed E-state index contributed by atoms with van der Waals surface area (Å²) in [4.78, 5) is 72.2. The summed E-state index contributed by atoms with van der Waals surface area (Å²) in [6.45, 7) is 9.42. The van der Waals surface area contributed by atoms with Crippen LogP contribution in [0.25, 0.3) is 0 Å². The number of nitrogens with one attached hydrogen (secondary N) is 3. The molecule has 5 rings (SSSR count). The largest absolute Gasteiger partial charge is 0.494 e. The van der Waals surface area contributed by atoms with Gasteiger partial charge in [-0.2, -0.15) is 0 Å². The normalized spacial score (nSPS) is 23.7. The lowest BCUT2D eigenvalue weighted by Crippen LogP contribution is -2.59. The second kappa shape index (κ2) is 17.7. The van der Waals surface area contributed by atoms with Gasteiger partial charge in [-0.25, -0.2) is 4.79 Å². The molecule has 4 atom stereocenters. The van der Waals surface area contributed by atoms with Crippen LogP contribution in [0.3, 0.4) is 0 Å². The van der Waals surface area contributed by atoms with Crippen molar-refractivity contribution in [3.8, 4) is 5.75 Å². The van der Waals surface area contributed by atoms with Crippen LogP contribution in [0.1, 0.15) is 88.8 Å². The lowest BCUT2D eigenvalue weighted by atomic mass is 9.94. The molecule has 2 saturated heterocycles. The molecular formula is C40H55N5O7. The third-order valence-electron chi connectivity index (χ3n) is 10.1. The molecule has 12 heteroatoms. The van der Waals surface area contributed by atoms with Crippen LogP contribution in [-0.4, -0.2) is 89.5 Å². The maximum atomic E-state index is 14.2. The summed E-state index contributed by atoms with van der Waals surface area (Å²) in [5, 5.41) is 8.73. The number of ether oxygens (including phenoxy) is 2. The van der Waals surface area contributed by atoms with E-state index in [0.29, 0.717) is 51.9 Å². The van der Waals surface area contributed by atoms with E-state index in [-0.39, 0.29) is 30.7 Å². The topological polar surface area (TPSA) is 146 Å². The number of rotatable bonds is 5. The molecule has 0 aromatic heterocycles. The Morgan fingerprint density at radius 3 is 2.52 bits per heavy atom. The van der Waals surface area contributed by atoms with Gasteiger partial charge in [0.2, 0.25) is 23.6 Å². The van der Waals surface area contributed by atoms with Crippen LogP contribution in [0.4, 0.5) is 4.79 Å². The fourth-order valence-electron chi connectivity index (χ4n) is 7.13. The van der Waals surface area contributed by atoms with Gasteiger partial charge in [-0.3, -0.25) is 24.1 Å². The van der Waals surface area contributed by atoms with E-state index >= 15 is 0 Å². The molecule has 2 unspecified atom stereocenters. The lowest BCUT2D eigenvalue weighted by Gasteiger charge is -2.37. The first-order valence-corrected chi connectivity index (χ1v) is 18.8. The predicted molar refractivity (Wildman–Crippen MR) is 196 cm³/mol. The highest BCUT2D eigenvalue weighted by atomic mass is 16.6. The van der Waals surface area contributed by atoms with Crippen molar-refractivity contribution in [2.45, 2.75) is 116 Å². The minimum absolute atomic E-state index is 0.231. The predicted octanol–water partition coefficient (Wildman–Crippen LogP) is 4.41. The Balaban J connectivity index is 1.42. The summed E-state index contributed by atoms with van der Waals surface area (Å²) in [6, 6.07) is 12.4. The second-order valence-electron chi connectivity index (χ2n) is 15.3. The molecule has 52 heavy (non-hydrogen) atoms. The molecule has 5 amide bonds. The number of hydrogen-bond acceptors (Lipinski definition) is 7. The van der Waals surface area contributed by atoms with Crippen LogP contribution < -0.4 is 20.7 Å². The molecule has 2 aromatic carbocycles. The number of amides is 5. The minimum Gasteiger partial charge on any atom is -0.494 e. The highest BCUT2D eigenvalue weighted by Gasteiger charge is 2.38. The number of aryl methyl sites for hydroxylation is 2. The molecule has 3 N–H and O–H groups in total. The first kappa shape index (κ1) is 38.6. The Morgan fingerprint density at radius 1 is 0.962 bits per heavy atom. The number of likely N-dealkylation sites (tertiary alicyclic amines) is 1. The fraction of sp³-hybridized carbons (Fsp3) is 0.575. The van der Waals surface area contributed by atoms with Gasteiger partial charge < -0.3 is 30.3 Å². The average molecular weight is 718 g/mol. The van der Waals surface area contributed by atoms with E-state index in [1.54, 1.807) is 25.7 Å². The summed E-state index contributed by atoms with van der Waals surface area (Å²) in [5.41, 5.74) is 2.16. The van der Waals surface area contributed by atoms with Gasteiger partial charge in [0.25, 0.3) is 0 Å². The van der Waals surface area contributed by atoms with Crippen LogP contribution >= 0.6 is 0 Å². The zero-order valence-electron chi connectivity index (χ0n) is 31.1. The molecule has 3 heterocycles. The zero-order valence-corrected chi connectivity index (χ0v) is 31.1. The summed E-state index contributed by atoms with van der Waals surface area (Å²) in [6.07, 6.45) is 4.30. The number of hydrogen-bond donors (Lipinski definition) is 3. The van der Waals surface area contributed by atoms with Crippen molar-refractivity contribution >= 4 is 29.7 Å². The SMILES string of the molecule is Cc1ccc2cc1CNC(=O)[C@H](CCc1ccccc1)NC(=O)[C@@H](NC(=O)C1CCCCN1C(=O)OC(C)(C)C)CC(=O)N1CCCC(CCO2)C1. The standard InChI is InChI=1S/C40H55N5O7/c1-27-15-17-31-23-30(27)25-41-36(47)32(18-16-28-11-6-5-7-12-28)42-37(48)33(24-35(46)44-20-10-13-29(26-44)19-22-51-31)43-38(49)34-14-8-9-21-45(34)39(50)52-40(2,3)4/h5-7,11-12,15,17,23,29,32-34H,8-10,13-14,16,18-22,24-26H2,1-4H3,(H,41,47)(H,42,48)(H,43,49)/t29?,32-,33-,34?/m0/s1. The van der Waals surface area contributed by atoms with Gasteiger partial charge in [-0.15, -0.1) is 0 Å². The Morgan fingerprint density at radius 2 is 1.75 bits per heavy atom. The molecule has 3 aliphatic heterocycles. The van der Waals surface area contributed by atoms with Crippen molar-refractivity contribution in [1.29, 1.82) is 0 Å². The molecule has 2 fully saturated rings. The lowest BCUT2D eigenvalue weighted by molar-refractivity contribution is -0.139. The van der Waals surface area contributed by atoms with Crippen LogP contribution in [-0.2, 0) is 36.9 Å². The van der Waals surface area contributed by atoms with Gasteiger partial charge in [0.1, 0.15) is 29.5 Å². The van der Waals surface area contributed by atoms with Crippen molar-refractivity contribution in [1.82, 2.24) is 25.8 Å². The summed E-state index contributed by atoms with van der Waals surface area (Å²) < 4.78 is 11.7. The molecule has 0 saturated carbocycles. The number of fused-ring (bicyclic) bond motifs is 4. The monoisotopic (exact) mass is 717 g/mol. The van der Waals surface area contributed by atoms with Crippen molar-refractivity contribution in [2.75, 3.05) is 26.2 Å². The number of carbonyl (C=O) groups excluding carboxylic acids is 5. The third-order valence-corrected chi connectivity index (χ3v) is 10.1. The van der Waals surface area contributed by atoms with E-state index < -0.39 is 41.6 Å². The van der Waals surface area contributed by atoms with Gasteiger partial charge >= 0.3 is 6.09 Å². The van der Waals surface area contributed by atoms with Gasteiger partial charge in [0.15, 0.2) is 0 Å². The minimum atomic E-state index is -1.27. The summed E-state index contributed by atoms with van der Waals surface area (Å²) in [5.74, 6) is -0.848. The maximum Gasteiger partial charge on any atom is 0.410 e. The Bertz CT molecular complexity index is 1580. The van der Waals surface area contributed by atoms with Gasteiger partial charge in [-0.05, 0) is 114 Å². The number of piperidine rings is 2. The van der Waals surface area contributed by atoms with E-state index in [0.717, 1.165) is 48.1 Å². The van der Waals surface area contributed by atoms with Gasteiger partial charge in [-0.1, -0.05) is 36.4 Å². The third kappa shape index (κ3) is 10.9. The number of carbonyl (C=O) groups is 5. The fourth-order valence-corrected chi connectivity index (χ4v) is 7.13. The molecule has 0 spiro atoms. The van der Waals surface area contributed by atoms with E-state index in [1.807, 2.05) is 55.5 Å². The van der Waals surface area contributed by atoms with Crippen LogP contribution in [0.15, 0.2) is 48.5 Å². The van der Waals surface area contributed by atoms with E-state index in [1.165, 1.54) is 4.90 Å². The molecule has 0 radical (unpaired) electrons. The highest BCUT2D eigenvalue weighted by Crippen LogP contribution is 2.24. The van der Waals surface area contributed by atoms with Gasteiger partial charge in [0, 0.05) is 26.2 Å². The first-order chi connectivity index (χ1) is 24.9. The van der Waals surface area contributed by atoms with Gasteiger partial charge in [0.05, 0.1) is 13.0 Å². The van der Waals surface area contributed by atoms with E-state index in [2.05, 4.69) is 16.0 Å². The zero-order chi connectivity index (χ0) is 37.3. The molecular weight excluding hydrogens is 662 g/mol.